The van der Waals surface area contributed by atoms with Crippen molar-refractivity contribution in [3.05, 3.63) is 29.3 Å². The Bertz CT molecular complexity index is 542. The molecule has 2 amide bonds. The van der Waals surface area contributed by atoms with E-state index in [2.05, 4.69) is 5.32 Å². The molecule has 1 heterocycles. The Morgan fingerprint density at radius 3 is 2.81 bits per heavy atom. The maximum absolute atomic E-state index is 12.4. The van der Waals surface area contributed by atoms with Gasteiger partial charge in [0.25, 0.3) is 0 Å². The zero-order valence-corrected chi connectivity index (χ0v) is 12.8. The number of ether oxygens (including phenoxy) is 1. The number of nitrogens with zero attached hydrogens (tertiary/aromatic N) is 1. The zero-order chi connectivity index (χ0) is 15.4. The van der Waals surface area contributed by atoms with Crippen LogP contribution in [0.1, 0.15) is 24.0 Å². The lowest BCUT2D eigenvalue weighted by Gasteiger charge is -2.31. The van der Waals surface area contributed by atoms with Gasteiger partial charge in [-0.05, 0) is 43.9 Å². The van der Waals surface area contributed by atoms with E-state index in [1.165, 1.54) is 7.11 Å². The molecule has 1 fully saturated rings. The number of nitrogens with one attached hydrogen (secondary N) is 1. The number of methoxy groups -OCH3 is 1. The molecule has 1 unspecified atom stereocenters. The molecule has 1 aliphatic heterocycles. The fourth-order valence-electron chi connectivity index (χ4n) is 2.61. The first-order valence-electron chi connectivity index (χ1n) is 7.23. The summed E-state index contributed by atoms with van der Waals surface area (Å²) in [4.78, 5) is 25.6. The summed E-state index contributed by atoms with van der Waals surface area (Å²) >= 11 is 0. The molecular weight excluding hydrogens is 268 g/mol. The number of aryl methyl sites for hydroxylation is 1. The summed E-state index contributed by atoms with van der Waals surface area (Å²) in [6.45, 7) is 5.08. The van der Waals surface area contributed by atoms with Crippen LogP contribution in [-0.4, -0.2) is 37.1 Å². The molecule has 0 spiro atoms. The van der Waals surface area contributed by atoms with Crippen molar-refractivity contribution in [2.45, 2.75) is 26.7 Å². The van der Waals surface area contributed by atoms with Gasteiger partial charge in [-0.1, -0.05) is 12.1 Å². The van der Waals surface area contributed by atoms with Crippen molar-refractivity contribution >= 4 is 17.7 Å². The Labute approximate surface area is 125 Å². The first-order chi connectivity index (χ1) is 10.0. The minimum absolute atomic E-state index is 0.0303. The maximum atomic E-state index is 12.4. The van der Waals surface area contributed by atoms with E-state index in [0.717, 1.165) is 29.7 Å². The van der Waals surface area contributed by atoms with Gasteiger partial charge in [-0.3, -0.25) is 4.79 Å². The van der Waals surface area contributed by atoms with E-state index in [-0.39, 0.29) is 17.9 Å². The van der Waals surface area contributed by atoms with Crippen LogP contribution < -0.4 is 5.32 Å². The largest absolute Gasteiger partial charge is 0.453 e. The van der Waals surface area contributed by atoms with Crippen LogP contribution in [0.15, 0.2) is 18.2 Å². The second-order valence-corrected chi connectivity index (χ2v) is 5.49. The predicted octanol–water partition coefficient (Wildman–Crippen LogP) is 2.72. The highest BCUT2D eigenvalue weighted by Gasteiger charge is 2.29. The molecule has 114 valence electrons. The van der Waals surface area contributed by atoms with E-state index < -0.39 is 0 Å². The lowest BCUT2D eigenvalue weighted by atomic mass is 9.97. The smallest absolute Gasteiger partial charge is 0.409 e. The summed E-state index contributed by atoms with van der Waals surface area (Å²) in [5, 5.41) is 2.98. The van der Waals surface area contributed by atoms with Crippen LogP contribution in [0.2, 0.25) is 0 Å². The first-order valence-corrected chi connectivity index (χ1v) is 7.23. The zero-order valence-electron chi connectivity index (χ0n) is 12.8. The molecule has 0 bridgehead atoms. The number of hydrogen-bond donors (Lipinski definition) is 1. The molecule has 0 aliphatic carbocycles. The number of likely N-dealkylation sites (tertiary alicyclic amines) is 1. The molecular formula is C16H22N2O3. The molecule has 1 aromatic rings. The van der Waals surface area contributed by atoms with Gasteiger partial charge in [0.1, 0.15) is 0 Å². The second-order valence-electron chi connectivity index (χ2n) is 5.49. The Hall–Kier alpha value is -2.04. The van der Waals surface area contributed by atoms with Gasteiger partial charge < -0.3 is 15.0 Å². The highest BCUT2D eigenvalue weighted by molar-refractivity contribution is 5.93. The van der Waals surface area contributed by atoms with Crippen molar-refractivity contribution in [3.8, 4) is 0 Å². The summed E-state index contributed by atoms with van der Waals surface area (Å²) in [5.74, 6) is -0.213. The number of hydrogen-bond acceptors (Lipinski definition) is 3. The third-order valence-corrected chi connectivity index (χ3v) is 4.09. The average Bonchev–Trinajstić information content (AvgIpc) is 2.51. The van der Waals surface area contributed by atoms with Crippen LogP contribution in [0.4, 0.5) is 10.5 Å². The summed E-state index contributed by atoms with van der Waals surface area (Å²) in [6.07, 6.45) is 1.25. The highest BCUT2D eigenvalue weighted by Crippen LogP contribution is 2.22. The molecule has 21 heavy (non-hydrogen) atoms. The summed E-state index contributed by atoms with van der Waals surface area (Å²) < 4.78 is 4.73. The average molecular weight is 290 g/mol. The molecule has 2 rings (SSSR count). The van der Waals surface area contributed by atoms with Gasteiger partial charge in [0.05, 0.1) is 13.0 Å². The highest BCUT2D eigenvalue weighted by atomic mass is 16.5. The minimum Gasteiger partial charge on any atom is -0.453 e. The van der Waals surface area contributed by atoms with Crippen molar-refractivity contribution in [2.24, 2.45) is 5.92 Å². The van der Waals surface area contributed by atoms with Crippen LogP contribution in [0.5, 0.6) is 0 Å². The third-order valence-electron chi connectivity index (χ3n) is 4.09. The molecule has 5 heteroatoms. The number of piperidine rings is 1. The van der Waals surface area contributed by atoms with E-state index in [0.29, 0.717) is 13.1 Å². The quantitative estimate of drug-likeness (QED) is 0.911. The standard InChI is InChI=1S/C16H22N2O3/c1-11-6-4-8-14(12(11)2)17-15(19)13-7-5-9-18(10-13)16(20)21-3/h4,6,8,13H,5,7,9-10H2,1-3H3,(H,17,19). The molecule has 0 aromatic heterocycles. The fourth-order valence-corrected chi connectivity index (χ4v) is 2.61. The lowest BCUT2D eigenvalue weighted by molar-refractivity contribution is -0.121. The Morgan fingerprint density at radius 2 is 2.10 bits per heavy atom. The van der Waals surface area contributed by atoms with Crippen LogP contribution in [0.3, 0.4) is 0 Å². The minimum atomic E-state index is -0.362. The van der Waals surface area contributed by atoms with Crippen LogP contribution >= 0.6 is 0 Å². The Balaban J connectivity index is 2.03. The van der Waals surface area contributed by atoms with E-state index in [1.807, 2.05) is 32.0 Å². The molecule has 5 nitrogen and oxygen atoms in total. The summed E-state index contributed by atoms with van der Waals surface area (Å²) in [6, 6.07) is 5.85. The van der Waals surface area contributed by atoms with Crippen LogP contribution in [0, 0.1) is 19.8 Å². The fraction of sp³-hybridized carbons (Fsp3) is 0.500. The normalized spacial score (nSPS) is 18.2. The molecule has 1 aromatic carbocycles. The monoisotopic (exact) mass is 290 g/mol. The van der Waals surface area contributed by atoms with Gasteiger partial charge >= 0.3 is 6.09 Å². The Kier molecular flexibility index (Phi) is 4.83. The van der Waals surface area contributed by atoms with Gasteiger partial charge in [0, 0.05) is 18.8 Å². The summed E-state index contributed by atoms with van der Waals surface area (Å²) in [5.41, 5.74) is 3.06. The molecule has 1 aliphatic rings. The van der Waals surface area contributed by atoms with E-state index in [4.69, 9.17) is 4.74 Å². The van der Waals surface area contributed by atoms with E-state index >= 15 is 0 Å². The molecule has 0 radical (unpaired) electrons. The first kappa shape index (κ1) is 15.4. The number of anilines is 1. The van der Waals surface area contributed by atoms with Crippen LogP contribution in [-0.2, 0) is 9.53 Å². The number of carbonyl (C=O) groups excluding carboxylic acids is 2. The molecule has 1 N–H and O–H groups in total. The SMILES string of the molecule is COC(=O)N1CCCC(C(=O)Nc2cccc(C)c2C)C1. The number of benzene rings is 1. The van der Waals surface area contributed by atoms with Gasteiger partial charge in [0.15, 0.2) is 0 Å². The number of amides is 2. The lowest BCUT2D eigenvalue weighted by Crippen LogP contribution is -2.43. The van der Waals surface area contributed by atoms with E-state index in [1.54, 1.807) is 4.90 Å². The molecule has 1 atom stereocenters. The predicted molar refractivity (Wildman–Crippen MR) is 81.2 cm³/mol. The maximum Gasteiger partial charge on any atom is 0.409 e. The summed E-state index contributed by atoms with van der Waals surface area (Å²) in [7, 11) is 1.36. The number of rotatable bonds is 2. The molecule has 0 saturated carbocycles. The van der Waals surface area contributed by atoms with Crippen molar-refractivity contribution in [2.75, 3.05) is 25.5 Å². The third kappa shape index (κ3) is 3.54. The van der Waals surface area contributed by atoms with Crippen molar-refractivity contribution in [1.82, 2.24) is 4.90 Å². The van der Waals surface area contributed by atoms with Gasteiger partial charge in [-0.25, -0.2) is 4.79 Å². The Morgan fingerprint density at radius 1 is 1.33 bits per heavy atom. The van der Waals surface area contributed by atoms with Crippen molar-refractivity contribution in [3.63, 3.8) is 0 Å². The van der Waals surface area contributed by atoms with E-state index in [9.17, 15) is 9.59 Å². The van der Waals surface area contributed by atoms with Crippen LogP contribution in [0.25, 0.3) is 0 Å². The van der Waals surface area contributed by atoms with Gasteiger partial charge in [-0.2, -0.15) is 0 Å². The second kappa shape index (κ2) is 6.61. The molecule has 1 saturated heterocycles. The van der Waals surface area contributed by atoms with Gasteiger partial charge in [0.2, 0.25) is 5.91 Å². The van der Waals surface area contributed by atoms with Gasteiger partial charge in [-0.15, -0.1) is 0 Å². The van der Waals surface area contributed by atoms with Crippen molar-refractivity contribution in [1.29, 1.82) is 0 Å². The topological polar surface area (TPSA) is 58.6 Å². The number of carbonyl (C=O) groups is 2. The van der Waals surface area contributed by atoms with Crippen molar-refractivity contribution < 1.29 is 14.3 Å².